The number of amides is 2. The number of likely N-dealkylation sites (tertiary alicyclic amines) is 1. The molecule has 1 fully saturated rings. The maximum atomic E-state index is 12.2. The van der Waals surface area contributed by atoms with E-state index in [1.54, 1.807) is 11.8 Å². The van der Waals surface area contributed by atoms with E-state index in [4.69, 9.17) is 4.42 Å². The van der Waals surface area contributed by atoms with Crippen LogP contribution in [0, 0.1) is 5.92 Å². The van der Waals surface area contributed by atoms with E-state index >= 15 is 0 Å². The highest BCUT2D eigenvalue weighted by Crippen LogP contribution is 2.23. The van der Waals surface area contributed by atoms with Crippen molar-refractivity contribution in [3.63, 3.8) is 0 Å². The summed E-state index contributed by atoms with van der Waals surface area (Å²) in [4.78, 5) is 25.2. The first-order chi connectivity index (χ1) is 10.6. The number of anilines is 1. The Morgan fingerprint density at radius 2 is 2.14 bits per heavy atom. The van der Waals surface area contributed by atoms with E-state index in [0.717, 1.165) is 5.56 Å². The van der Waals surface area contributed by atoms with Gasteiger partial charge in [0.15, 0.2) is 0 Å². The van der Waals surface area contributed by atoms with Gasteiger partial charge in [-0.05, 0) is 24.3 Å². The second kappa shape index (κ2) is 6.27. The van der Waals surface area contributed by atoms with Gasteiger partial charge in [0, 0.05) is 36.9 Å². The van der Waals surface area contributed by atoms with Crippen molar-refractivity contribution in [1.29, 1.82) is 0 Å². The molecule has 0 radical (unpaired) electrons. The van der Waals surface area contributed by atoms with Crippen LogP contribution in [0.1, 0.15) is 19.8 Å². The standard InChI is InChI=1S/C14H16N4O3S/c1-9(19)18-5-2-10(3-6-18)12(20)15-14-17-16-13(21-14)11-4-7-22-8-11/h4,7-8,10H,2-3,5-6H2,1H3,(H,15,17,20). The van der Waals surface area contributed by atoms with Crippen LogP contribution in [-0.2, 0) is 9.59 Å². The van der Waals surface area contributed by atoms with Crippen molar-refractivity contribution >= 4 is 29.2 Å². The molecule has 1 N–H and O–H groups in total. The molecule has 0 unspecified atom stereocenters. The van der Waals surface area contributed by atoms with Gasteiger partial charge in [-0.1, -0.05) is 5.10 Å². The van der Waals surface area contributed by atoms with Gasteiger partial charge in [-0.2, -0.15) is 11.3 Å². The average Bonchev–Trinajstić information content (AvgIpc) is 3.18. The number of piperidine rings is 1. The van der Waals surface area contributed by atoms with Gasteiger partial charge in [-0.3, -0.25) is 14.9 Å². The maximum absolute atomic E-state index is 12.2. The van der Waals surface area contributed by atoms with Gasteiger partial charge in [0.2, 0.25) is 11.8 Å². The molecule has 8 heteroatoms. The Bertz CT molecular complexity index is 659. The Labute approximate surface area is 131 Å². The zero-order chi connectivity index (χ0) is 15.5. The van der Waals surface area contributed by atoms with Gasteiger partial charge in [-0.15, -0.1) is 5.10 Å². The molecule has 2 aromatic heterocycles. The maximum Gasteiger partial charge on any atom is 0.322 e. The number of carbonyl (C=O) groups is 2. The summed E-state index contributed by atoms with van der Waals surface area (Å²) in [6.45, 7) is 2.76. The number of aromatic nitrogens is 2. The Balaban J connectivity index is 1.57. The van der Waals surface area contributed by atoms with Crippen LogP contribution in [0.5, 0.6) is 0 Å². The molecule has 2 amide bonds. The molecule has 1 aliphatic rings. The van der Waals surface area contributed by atoms with Crippen molar-refractivity contribution in [3.05, 3.63) is 16.8 Å². The molecule has 0 aliphatic carbocycles. The van der Waals surface area contributed by atoms with Gasteiger partial charge >= 0.3 is 6.01 Å². The quantitative estimate of drug-likeness (QED) is 0.934. The predicted molar refractivity (Wildman–Crippen MR) is 81.2 cm³/mol. The molecule has 7 nitrogen and oxygen atoms in total. The van der Waals surface area contributed by atoms with E-state index in [1.165, 1.54) is 11.3 Å². The number of hydrogen-bond donors (Lipinski definition) is 1. The molecule has 0 bridgehead atoms. The monoisotopic (exact) mass is 320 g/mol. The molecule has 0 spiro atoms. The smallest absolute Gasteiger partial charge is 0.322 e. The summed E-state index contributed by atoms with van der Waals surface area (Å²) < 4.78 is 5.44. The minimum absolute atomic E-state index is 0.0520. The first-order valence-electron chi connectivity index (χ1n) is 7.06. The normalized spacial score (nSPS) is 15.8. The minimum atomic E-state index is -0.135. The molecule has 0 saturated carbocycles. The summed E-state index contributed by atoms with van der Waals surface area (Å²) in [5.74, 6) is 0.176. The molecular weight excluding hydrogens is 304 g/mol. The Hall–Kier alpha value is -2.22. The molecular formula is C14H16N4O3S. The SMILES string of the molecule is CC(=O)N1CCC(C(=O)Nc2nnc(-c3ccsc3)o2)CC1. The second-order valence-corrected chi connectivity index (χ2v) is 5.97. The van der Waals surface area contributed by atoms with Gasteiger partial charge in [0.1, 0.15) is 0 Å². The number of nitrogens with one attached hydrogen (secondary N) is 1. The van der Waals surface area contributed by atoms with Crippen LogP contribution in [0.3, 0.4) is 0 Å². The molecule has 1 saturated heterocycles. The predicted octanol–water partition coefficient (Wildman–Crippen LogP) is 2.00. The first-order valence-corrected chi connectivity index (χ1v) is 8.00. The summed E-state index contributed by atoms with van der Waals surface area (Å²) in [7, 11) is 0. The summed E-state index contributed by atoms with van der Waals surface area (Å²) >= 11 is 1.54. The fourth-order valence-electron chi connectivity index (χ4n) is 2.44. The van der Waals surface area contributed by atoms with E-state index in [0.29, 0.717) is 31.8 Å². The first kappa shape index (κ1) is 14.7. The molecule has 22 heavy (non-hydrogen) atoms. The van der Waals surface area contributed by atoms with Crippen molar-refractivity contribution in [2.75, 3.05) is 18.4 Å². The summed E-state index contributed by atoms with van der Waals surface area (Å²) in [6.07, 6.45) is 1.30. The highest BCUT2D eigenvalue weighted by molar-refractivity contribution is 7.08. The van der Waals surface area contributed by atoms with Crippen molar-refractivity contribution in [2.45, 2.75) is 19.8 Å². The Morgan fingerprint density at radius 3 is 2.77 bits per heavy atom. The summed E-state index contributed by atoms with van der Waals surface area (Å²) in [6, 6.07) is 1.99. The van der Waals surface area contributed by atoms with Crippen molar-refractivity contribution in [2.24, 2.45) is 5.92 Å². The lowest BCUT2D eigenvalue weighted by Crippen LogP contribution is -2.40. The van der Waals surface area contributed by atoms with Gasteiger partial charge < -0.3 is 9.32 Å². The van der Waals surface area contributed by atoms with Crippen LogP contribution in [0.25, 0.3) is 11.5 Å². The van der Waals surface area contributed by atoms with E-state index in [2.05, 4.69) is 15.5 Å². The van der Waals surface area contributed by atoms with Crippen LogP contribution in [0.4, 0.5) is 6.01 Å². The van der Waals surface area contributed by atoms with Crippen molar-refractivity contribution in [1.82, 2.24) is 15.1 Å². The lowest BCUT2D eigenvalue weighted by molar-refractivity contribution is -0.132. The summed E-state index contributed by atoms with van der Waals surface area (Å²) in [5.41, 5.74) is 0.841. The zero-order valence-corrected chi connectivity index (χ0v) is 12.9. The number of rotatable bonds is 3. The Morgan fingerprint density at radius 1 is 1.36 bits per heavy atom. The molecule has 1 aliphatic heterocycles. The molecule has 3 rings (SSSR count). The van der Waals surface area contributed by atoms with Gasteiger partial charge in [0.25, 0.3) is 5.89 Å². The third-order valence-corrected chi connectivity index (χ3v) is 4.42. The van der Waals surface area contributed by atoms with E-state index in [-0.39, 0.29) is 23.7 Å². The highest BCUT2D eigenvalue weighted by atomic mass is 32.1. The van der Waals surface area contributed by atoms with Crippen LogP contribution < -0.4 is 5.32 Å². The van der Waals surface area contributed by atoms with Crippen LogP contribution >= 0.6 is 11.3 Å². The lowest BCUT2D eigenvalue weighted by Gasteiger charge is -2.30. The largest absolute Gasteiger partial charge is 0.403 e. The van der Waals surface area contributed by atoms with Gasteiger partial charge in [-0.25, -0.2) is 0 Å². The van der Waals surface area contributed by atoms with Crippen LogP contribution in [-0.4, -0.2) is 40.0 Å². The molecule has 2 aromatic rings. The number of hydrogen-bond acceptors (Lipinski definition) is 6. The highest BCUT2D eigenvalue weighted by Gasteiger charge is 2.27. The fourth-order valence-corrected chi connectivity index (χ4v) is 3.07. The van der Waals surface area contributed by atoms with Crippen molar-refractivity contribution < 1.29 is 14.0 Å². The lowest BCUT2D eigenvalue weighted by atomic mass is 9.96. The molecule has 116 valence electrons. The minimum Gasteiger partial charge on any atom is -0.403 e. The van der Waals surface area contributed by atoms with E-state index < -0.39 is 0 Å². The topological polar surface area (TPSA) is 88.3 Å². The number of carbonyl (C=O) groups excluding carboxylic acids is 2. The third kappa shape index (κ3) is 3.16. The van der Waals surface area contributed by atoms with Crippen LogP contribution in [0.2, 0.25) is 0 Å². The van der Waals surface area contributed by atoms with E-state index in [1.807, 2.05) is 16.8 Å². The molecule has 3 heterocycles. The third-order valence-electron chi connectivity index (χ3n) is 3.73. The Kier molecular flexibility index (Phi) is 4.19. The number of nitrogens with zero attached hydrogens (tertiary/aromatic N) is 3. The van der Waals surface area contributed by atoms with E-state index in [9.17, 15) is 9.59 Å². The molecule has 0 aromatic carbocycles. The zero-order valence-electron chi connectivity index (χ0n) is 12.1. The average molecular weight is 320 g/mol. The fraction of sp³-hybridized carbons (Fsp3) is 0.429. The van der Waals surface area contributed by atoms with Gasteiger partial charge in [0.05, 0.1) is 0 Å². The summed E-state index contributed by atoms with van der Waals surface area (Å²) in [5, 5.41) is 14.2. The van der Waals surface area contributed by atoms with Crippen molar-refractivity contribution in [3.8, 4) is 11.5 Å². The van der Waals surface area contributed by atoms with Crippen LogP contribution in [0.15, 0.2) is 21.2 Å². The number of thiophene rings is 1. The molecule has 0 atom stereocenters. The second-order valence-electron chi connectivity index (χ2n) is 5.19.